The van der Waals surface area contributed by atoms with Gasteiger partial charge < -0.3 is 9.39 Å². The second kappa shape index (κ2) is 10.0. The van der Waals surface area contributed by atoms with E-state index in [1.165, 1.54) is 0 Å². The van der Waals surface area contributed by atoms with Crippen LogP contribution in [0.15, 0.2) is 11.6 Å². The average molecular weight is 610 g/mol. The number of hydrogen-bond donors (Lipinski definition) is 0. The largest absolute Gasteiger partial charge is 0.757 e. The maximum Gasteiger partial charge on any atom is 0.460 e. The molecule has 37 heavy (non-hydrogen) atoms. The fourth-order valence-electron chi connectivity index (χ4n) is 2.00. The van der Waals surface area contributed by atoms with Gasteiger partial charge in [-0.1, -0.05) is 11.4 Å². The van der Waals surface area contributed by atoms with Gasteiger partial charge in [0.05, 0.1) is 11.3 Å². The summed E-state index contributed by atoms with van der Waals surface area (Å²) >= 11 is -3.49. The number of hydroxylamine groups is 1. The zero-order chi connectivity index (χ0) is 30.4. The van der Waals surface area contributed by atoms with Crippen LogP contribution < -0.4 is 0 Å². The Bertz CT molecular complexity index is 914. The first-order valence-electron chi connectivity index (χ1n) is 8.40. The highest BCUT2D eigenvalue weighted by molar-refractivity contribution is 7.76. The number of nitrogens with zero attached hydrogens (tertiary/aromatic N) is 1. The van der Waals surface area contributed by atoms with Crippen molar-refractivity contribution >= 4 is 17.2 Å². The van der Waals surface area contributed by atoms with Crippen LogP contribution in [0.5, 0.6) is 0 Å². The molecule has 0 amide bonds. The molecule has 23 heteroatoms. The molecule has 0 aromatic heterocycles. The van der Waals surface area contributed by atoms with Crippen molar-refractivity contribution in [2.45, 2.75) is 61.0 Å². The average Bonchev–Trinajstić information content (AvgIpc) is 2.69. The maximum atomic E-state index is 13.9. The number of carbonyl (C=O) groups is 1. The van der Waals surface area contributed by atoms with Crippen LogP contribution in [-0.2, 0) is 20.9 Å². The summed E-state index contributed by atoms with van der Waals surface area (Å²) in [6, 6.07) is 0. The SMILES string of the molecule is CCC(=CC(F)(F)C(F)(F)C(F)(F)C(F)(F)C(F)(F)C(F)(F)C(F)(F)C(F)(F)F)C(=O)ON(C)S(=O)[O-]. The summed E-state index contributed by atoms with van der Waals surface area (Å²) in [7, 11) is 0.356. The zero-order valence-corrected chi connectivity index (χ0v) is 18.0. The van der Waals surface area contributed by atoms with E-state index < -0.39 is 87.4 Å². The first-order chi connectivity index (χ1) is 15.9. The molecule has 0 aromatic carbocycles. The smallest absolute Gasteiger partial charge is 0.460 e. The summed E-state index contributed by atoms with van der Waals surface area (Å²) in [4.78, 5) is 15.2. The summed E-state index contributed by atoms with van der Waals surface area (Å²) in [5.41, 5.74) is -1.94. The van der Waals surface area contributed by atoms with Crippen molar-refractivity contribution < 1.29 is 93.0 Å². The summed E-state index contributed by atoms with van der Waals surface area (Å²) in [5.74, 6) is -60.3. The highest BCUT2D eigenvalue weighted by atomic mass is 32.2. The molecule has 0 heterocycles. The lowest BCUT2D eigenvalue weighted by molar-refractivity contribution is -0.459. The Morgan fingerprint density at radius 3 is 1.35 bits per heavy atom. The summed E-state index contributed by atoms with van der Waals surface area (Å²) in [6.07, 6.45) is -10.8. The minimum atomic E-state index is -8.78. The van der Waals surface area contributed by atoms with E-state index in [1.807, 2.05) is 0 Å². The molecule has 1 atom stereocenters. The molecule has 1 unspecified atom stereocenters. The monoisotopic (exact) mass is 610 g/mol. The standard InChI is InChI=1S/C14H10F17NO4S/c1-3-5(6(33)36-32(2)37(34)35)4-7(15,16)8(17,18)9(19,20)10(21,22)11(23,24)12(25,26)13(27,28)14(29,30)31/h4H,3H2,1-2H3,(H,34,35)/p-1. The second-order valence-electron chi connectivity index (χ2n) is 6.63. The van der Waals surface area contributed by atoms with E-state index in [4.69, 9.17) is 0 Å². The molecule has 0 rings (SSSR count). The van der Waals surface area contributed by atoms with Gasteiger partial charge in [-0.25, -0.2) is 4.79 Å². The Labute approximate surface area is 195 Å². The van der Waals surface area contributed by atoms with Crippen LogP contribution in [0, 0.1) is 0 Å². The lowest BCUT2D eigenvalue weighted by Gasteiger charge is -2.42. The molecule has 0 aliphatic carbocycles. The first kappa shape index (κ1) is 35.1. The predicted octanol–water partition coefficient (Wildman–Crippen LogP) is 5.52. The van der Waals surface area contributed by atoms with E-state index >= 15 is 0 Å². The molecule has 220 valence electrons. The summed E-state index contributed by atoms with van der Waals surface area (Å²) < 4.78 is 245. The Morgan fingerprint density at radius 1 is 0.730 bits per heavy atom. The van der Waals surface area contributed by atoms with Crippen LogP contribution in [0.1, 0.15) is 13.3 Å². The van der Waals surface area contributed by atoms with Crippen LogP contribution in [0.2, 0.25) is 0 Å². The number of allylic oxidation sites excluding steroid dienone is 1. The minimum Gasteiger partial charge on any atom is -0.757 e. The Hall–Kier alpha value is -1.91. The van der Waals surface area contributed by atoms with Gasteiger partial charge in [0.15, 0.2) is 0 Å². The van der Waals surface area contributed by atoms with Gasteiger partial charge in [-0.05, 0) is 6.42 Å². The molecular weight excluding hydrogens is 601 g/mol. The molecule has 0 saturated carbocycles. The summed E-state index contributed by atoms with van der Waals surface area (Å²) in [5, 5.41) is 0. The van der Waals surface area contributed by atoms with Gasteiger partial charge in [0.25, 0.3) is 0 Å². The molecular formula is C14H9F17NO4S-. The van der Waals surface area contributed by atoms with Crippen LogP contribution in [0.4, 0.5) is 74.6 Å². The van der Waals surface area contributed by atoms with E-state index in [9.17, 15) is 88.2 Å². The van der Waals surface area contributed by atoms with E-state index in [-0.39, 0.29) is 0 Å². The van der Waals surface area contributed by atoms with Crippen molar-refractivity contribution in [1.29, 1.82) is 0 Å². The molecule has 0 fully saturated rings. The third kappa shape index (κ3) is 5.47. The molecule has 0 aliphatic heterocycles. The van der Waals surface area contributed by atoms with Crippen LogP contribution in [0.3, 0.4) is 0 Å². The number of halogens is 17. The highest BCUT2D eigenvalue weighted by Crippen LogP contribution is 2.64. The van der Waals surface area contributed by atoms with Gasteiger partial charge >= 0.3 is 53.6 Å². The molecule has 0 bridgehead atoms. The number of rotatable bonds is 11. The van der Waals surface area contributed by atoms with Gasteiger partial charge in [-0.15, -0.1) is 0 Å². The zero-order valence-electron chi connectivity index (χ0n) is 17.2. The van der Waals surface area contributed by atoms with Crippen molar-refractivity contribution in [1.82, 2.24) is 4.47 Å². The fourth-order valence-corrected chi connectivity index (χ4v) is 2.13. The van der Waals surface area contributed by atoms with Gasteiger partial charge in [-0.2, -0.15) is 74.6 Å². The van der Waals surface area contributed by atoms with Crippen molar-refractivity contribution in [3.8, 4) is 0 Å². The van der Waals surface area contributed by atoms with Crippen molar-refractivity contribution in [2.75, 3.05) is 7.05 Å². The predicted molar refractivity (Wildman–Crippen MR) is 81.8 cm³/mol. The fraction of sp³-hybridized carbons (Fsp3) is 0.786. The van der Waals surface area contributed by atoms with Crippen LogP contribution in [0.25, 0.3) is 0 Å². The molecule has 5 nitrogen and oxygen atoms in total. The van der Waals surface area contributed by atoms with E-state index in [2.05, 4.69) is 4.84 Å². The molecule has 0 saturated heterocycles. The molecule has 0 aliphatic rings. The van der Waals surface area contributed by atoms with Crippen LogP contribution in [-0.4, -0.2) is 73.9 Å². The molecule has 0 N–H and O–H groups in total. The lowest BCUT2D eigenvalue weighted by Crippen LogP contribution is -2.74. The van der Waals surface area contributed by atoms with Gasteiger partial charge in [0, 0.05) is 18.7 Å². The Morgan fingerprint density at radius 2 is 1.05 bits per heavy atom. The van der Waals surface area contributed by atoms with E-state index in [1.54, 1.807) is 0 Å². The lowest BCUT2D eigenvalue weighted by atomic mass is 9.88. The number of carbonyl (C=O) groups excluding carboxylic acids is 1. The Balaban J connectivity index is 6.82. The first-order valence-corrected chi connectivity index (χ1v) is 9.44. The third-order valence-electron chi connectivity index (χ3n) is 4.17. The third-order valence-corrected chi connectivity index (χ3v) is 4.66. The van der Waals surface area contributed by atoms with Crippen LogP contribution >= 0.6 is 0 Å². The summed E-state index contributed by atoms with van der Waals surface area (Å²) in [6.45, 7) is 0.566. The van der Waals surface area contributed by atoms with Crippen molar-refractivity contribution in [3.63, 3.8) is 0 Å². The topological polar surface area (TPSA) is 69.7 Å². The van der Waals surface area contributed by atoms with Crippen molar-refractivity contribution in [2.24, 2.45) is 0 Å². The highest BCUT2D eigenvalue weighted by Gasteiger charge is 2.95. The van der Waals surface area contributed by atoms with Gasteiger partial charge in [0.2, 0.25) is 0 Å². The van der Waals surface area contributed by atoms with Crippen molar-refractivity contribution in [3.05, 3.63) is 11.6 Å². The Kier molecular flexibility index (Phi) is 9.49. The number of hydrogen-bond acceptors (Lipinski definition) is 4. The van der Waals surface area contributed by atoms with E-state index in [0.717, 1.165) is 0 Å². The molecule has 0 aromatic rings. The quantitative estimate of drug-likeness (QED) is 0.134. The maximum absolute atomic E-state index is 13.9. The minimum absolute atomic E-state index is 0.356. The second-order valence-corrected chi connectivity index (χ2v) is 7.57. The van der Waals surface area contributed by atoms with Gasteiger partial charge in [-0.3, -0.25) is 4.21 Å². The molecule has 0 spiro atoms. The normalized spacial score (nSPS) is 16.7. The van der Waals surface area contributed by atoms with E-state index in [0.29, 0.717) is 14.0 Å². The van der Waals surface area contributed by atoms with Gasteiger partial charge in [0.1, 0.15) is 0 Å². The molecule has 0 radical (unpaired) electrons. The number of alkyl halides is 17.